The van der Waals surface area contributed by atoms with Gasteiger partial charge in [0.1, 0.15) is 5.60 Å². The molecule has 2 aliphatic carbocycles. The van der Waals surface area contributed by atoms with Gasteiger partial charge in [0.25, 0.3) is 0 Å². The summed E-state index contributed by atoms with van der Waals surface area (Å²) in [5.74, 6) is 0.427. The van der Waals surface area contributed by atoms with Gasteiger partial charge in [-0.3, -0.25) is 4.79 Å². The summed E-state index contributed by atoms with van der Waals surface area (Å²) >= 11 is 0. The first kappa shape index (κ1) is 21.9. The summed E-state index contributed by atoms with van der Waals surface area (Å²) < 4.78 is 5.57. The Balaban J connectivity index is 1.48. The zero-order valence-corrected chi connectivity index (χ0v) is 20.1. The van der Waals surface area contributed by atoms with Gasteiger partial charge < -0.3 is 9.64 Å². The molecule has 0 saturated carbocycles. The standard InChI is InChI=1S/C29H33NO3/c1-18-9-11-21-20(17-18)10-12-24-22-7-5-6-8-23(22)25(27(31)26(21)24)19-13-15-30(16-14-19)28(32)33-29(2,3)4/h5,7,9-12,17,19,25H,6,8,13-16H2,1-4H3. The number of ketones is 1. The molecule has 2 aromatic carbocycles. The zero-order valence-electron chi connectivity index (χ0n) is 20.1. The van der Waals surface area contributed by atoms with E-state index in [0.717, 1.165) is 47.6 Å². The fourth-order valence-corrected chi connectivity index (χ4v) is 5.76. The summed E-state index contributed by atoms with van der Waals surface area (Å²) in [7, 11) is 0. The van der Waals surface area contributed by atoms with Gasteiger partial charge in [-0.2, -0.15) is 0 Å². The summed E-state index contributed by atoms with van der Waals surface area (Å²) in [6.45, 7) is 9.06. The van der Waals surface area contributed by atoms with Crippen molar-refractivity contribution >= 4 is 28.2 Å². The van der Waals surface area contributed by atoms with E-state index < -0.39 is 5.60 Å². The van der Waals surface area contributed by atoms with Crippen LogP contribution in [0.3, 0.4) is 0 Å². The number of hydrogen-bond donors (Lipinski definition) is 0. The van der Waals surface area contributed by atoms with E-state index in [4.69, 9.17) is 4.74 Å². The van der Waals surface area contributed by atoms with Crippen LogP contribution in [0.4, 0.5) is 4.79 Å². The summed E-state index contributed by atoms with van der Waals surface area (Å²) in [5.41, 5.74) is 5.23. The number of allylic oxidation sites excluding steroid dienone is 4. The predicted octanol–water partition coefficient (Wildman–Crippen LogP) is 6.71. The molecule has 1 atom stereocenters. The van der Waals surface area contributed by atoms with Gasteiger partial charge >= 0.3 is 6.09 Å². The topological polar surface area (TPSA) is 46.6 Å². The van der Waals surface area contributed by atoms with E-state index in [0.29, 0.717) is 13.1 Å². The van der Waals surface area contributed by atoms with Crippen LogP contribution < -0.4 is 0 Å². The molecule has 1 unspecified atom stereocenters. The molecule has 1 heterocycles. The third kappa shape index (κ3) is 4.01. The monoisotopic (exact) mass is 443 g/mol. The number of aryl methyl sites for hydroxylation is 1. The van der Waals surface area contributed by atoms with E-state index in [1.165, 1.54) is 16.7 Å². The van der Waals surface area contributed by atoms with Crippen molar-refractivity contribution in [1.29, 1.82) is 0 Å². The Morgan fingerprint density at radius 3 is 2.58 bits per heavy atom. The lowest BCUT2D eigenvalue weighted by Gasteiger charge is -2.40. The number of ether oxygens (including phenoxy) is 1. The average molecular weight is 444 g/mol. The highest BCUT2D eigenvalue weighted by Gasteiger charge is 2.41. The van der Waals surface area contributed by atoms with Gasteiger partial charge in [-0.1, -0.05) is 53.6 Å². The second-order valence-corrected chi connectivity index (χ2v) is 10.7. The van der Waals surface area contributed by atoms with E-state index in [-0.39, 0.29) is 23.7 Å². The van der Waals surface area contributed by atoms with E-state index in [2.05, 4.69) is 49.4 Å². The number of carbonyl (C=O) groups is 2. The molecule has 1 fully saturated rings. The predicted molar refractivity (Wildman–Crippen MR) is 132 cm³/mol. The number of nitrogens with zero attached hydrogens (tertiary/aromatic N) is 1. The number of carbonyl (C=O) groups excluding carboxylic acids is 2. The third-order valence-electron chi connectivity index (χ3n) is 7.24. The first-order valence-corrected chi connectivity index (χ1v) is 12.2. The fraction of sp³-hybridized carbons (Fsp3) is 0.448. The van der Waals surface area contributed by atoms with Crippen LogP contribution in [0.2, 0.25) is 0 Å². The molecule has 172 valence electrons. The van der Waals surface area contributed by atoms with Crippen LogP contribution in [0.5, 0.6) is 0 Å². The summed E-state index contributed by atoms with van der Waals surface area (Å²) in [6.07, 6.45) is 7.81. The maximum atomic E-state index is 14.1. The van der Waals surface area contributed by atoms with Crippen LogP contribution in [0.1, 0.15) is 67.9 Å². The summed E-state index contributed by atoms with van der Waals surface area (Å²) in [5, 5.41) is 2.19. The number of rotatable bonds is 1. The van der Waals surface area contributed by atoms with Gasteiger partial charge in [-0.15, -0.1) is 0 Å². The molecule has 0 spiro atoms. The largest absolute Gasteiger partial charge is 0.444 e. The van der Waals surface area contributed by atoms with Crippen LogP contribution >= 0.6 is 0 Å². The molecule has 0 aromatic heterocycles. The molecule has 1 aliphatic heterocycles. The molecule has 0 radical (unpaired) electrons. The van der Waals surface area contributed by atoms with Gasteiger partial charge in [-0.25, -0.2) is 4.79 Å². The van der Waals surface area contributed by atoms with Crippen molar-refractivity contribution in [1.82, 2.24) is 4.90 Å². The molecule has 1 saturated heterocycles. The van der Waals surface area contributed by atoms with Crippen molar-refractivity contribution in [3.05, 3.63) is 64.7 Å². The lowest BCUT2D eigenvalue weighted by molar-refractivity contribution is 0.0169. The normalized spacial score (nSPS) is 21.3. The fourth-order valence-electron chi connectivity index (χ4n) is 5.76. The van der Waals surface area contributed by atoms with E-state index >= 15 is 0 Å². The third-order valence-corrected chi connectivity index (χ3v) is 7.24. The Morgan fingerprint density at radius 1 is 1.09 bits per heavy atom. The van der Waals surface area contributed by atoms with Crippen LogP contribution in [0.15, 0.2) is 48.1 Å². The Hall–Kier alpha value is -2.88. The average Bonchev–Trinajstić information content (AvgIpc) is 2.78. The number of likely N-dealkylation sites (tertiary alicyclic amines) is 1. The van der Waals surface area contributed by atoms with Crippen molar-refractivity contribution in [3.63, 3.8) is 0 Å². The molecule has 4 nitrogen and oxygen atoms in total. The van der Waals surface area contributed by atoms with Crippen molar-refractivity contribution in [2.45, 2.75) is 59.0 Å². The maximum absolute atomic E-state index is 14.1. The van der Waals surface area contributed by atoms with Gasteiger partial charge in [0.15, 0.2) is 5.78 Å². The Morgan fingerprint density at radius 2 is 1.85 bits per heavy atom. The van der Waals surface area contributed by atoms with E-state index in [1.807, 2.05) is 20.8 Å². The molecule has 5 rings (SSSR count). The van der Waals surface area contributed by atoms with Crippen LogP contribution in [0.25, 0.3) is 16.3 Å². The van der Waals surface area contributed by atoms with Crippen molar-refractivity contribution in [2.75, 3.05) is 13.1 Å². The Bertz CT molecular complexity index is 1190. The van der Waals surface area contributed by atoms with Gasteiger partial charge in [0, 0.05) is 24.6 Å². The minimum absolute atomic E-state index is 0.0925. The minimum atomic E-state index is -0.496. The SMILES string of the molecule is Cc1ccc2c3c(ccc2c1)C1=C(CCC=C1)C(C1CCN(C(=O)OC(C)(C)C)CC1)C3=O. The first-order chi connectivity index (χ1) is 15.7. The smallest absolute Gasteiger partial charge is 0.410 e. The van der Waals surface area contributed by atoms with Crippen LogP contribution in [-0.2, 0) is 4.74 Å². The van der Waals surface area contributed by atoms with Gasteiger partial charge in [0.05, 0.1) is 0 Å². The molecule has 33 heavy (non-hydrogen) atoms. The molecule has 1 amide bonds. The Kier molecular flexibility index (Phi) is 5.43. The van der Waals surface area contributed by atoms with Crippen LogP contribution in [-0.4, -0.2) is 35.5 Å². The van der Waals surface area contributed by atoms with Gasteiger partial charge in [-0.05, 0) is 81.2 Å². The van der Waals surface area contributed by atoms with Crippen LogP contribution in [0, 0.1) is 18.8 Å². The Labute approximate surface area is 196 Å². The molecular weight excluding hydrogens is 410 g/mol. The second kappa shape index (κ2) is 8.16. The second-order valence-electron chi connectivity index (χ2n) is 10.7. The van der Waals surface area contributed by atoms with Crippen molar-refractivity contribution in [2.24, 2.45) is 11.8 Å². The molecule has 3 aliphatic rings. The van der Waals surface area contributed by atoms with E-state index in [1.54, 1.807) is 4.90 Å². The van der Waals surface area contributed by atoms with E-state index in [9.17, 15) is 9.59 Å². The number of amides is 1. The molecule has 2 aromatic rings. The zero-order chi connectivity index (χ0) is 23.3. The number of Topliss-reactive ketones (excluding diaryl/α,β-unsaturated/α-hetero) is 1. The summed E-state index contributed by atoms with van der Waals surface area (Å²) in [4.78, 5) is 28.5. The summed E-state index contributed by atoms with van der Waals surface area (Å²) in [6, 6.07) is 10.7. The minimum Gasteiger partial charge on any atom is -0.444 e. The molecule has 4 heteroatoms. The maximum Gasteiger partial charge on any atom is 0.410 e. The molecular formula is C29H33NO3. The molecule has 0 bridgehead atoms. The quantitative estimate of drug-likeness (QED) is 0.492. The van der Waals surface area contributed by atoms with Crippen molar-refractivity contribution in [3.8, 4) is 0 Å². The lowest BCUT2D eigenvalue weighted by atomic mass is 9.66. The van der Waals surface area contributed by atoms with Crippen molar-refractivity contribution < 1.29 is 14.3 Å². The number of fused-ring (bicyclic) bond motifs is 4. The highest BCUT2D eigenvalue weighted by atomic mass is 16.6. The lowest BCUT2D eigenvalue weighted by Crippen LogP contribution is -2.44. The number of hydrogen-bond acceptors (Lipinski definition) is 3. The highest BCUT2D eigenvalue weighted by molar-refractivity contribution is 6.17. The first-order valence-electron chi connectivity index (χ1n) is 12.2. The number of piperidine rings is 1. The molecule has 0 N–H and O–H groups in total. The van der Waals surface area contributed by atoms with Gasteiger partial charge in [0.2, 0.25) is 0 Å². The highest BCUT2D eigenvalue weighted by Crippen LogP contribution is 2.47. The number of benzene rings is 2.